The van der Waals surface area contributed by atoms with Crippen LogP contribution in [0.3, 0.4) is 0 Å². The van der Waals surface area contributed by atoms with E-state index in [9.17, 15) is 4.79 Å². The Kier molecular flexibility index (Phi) is 4.19. The van der Waals surface area contributed by atoms with Gasteiger partial charge in [-0.1, -0.05) is 26.0 Å². The van der Waals surface area contributed by atoms with Gasteiger partial charge in [-0.25, -0.2) is 0 Å². The number of nitrogens with zero attached hydrogens (tertiary/aromatic N) is 3. The van der Waals surface area contributed by atoms with Crippen LogP contribution in [-0.4, -0.2) is 33.7 Å². The van der Waals surface area contributed by atoms with E-state index in [0.29, 0.717) is 24.8 Å². The lowest BCUT2D eigenvalue weighted by molar-refractivity contribution is -0.134. The Labute approximate surface area is 132 Å². The minimum absolute atomic E-state index is 0.259. The van der Waals surface area contributed by atoms with Gasteiger partial charge in [0.05, 0.1) is 18.3 Å². The second-order valence-electron chi connectivity index (χ2n) is 6.87. The highest BCUT2D eigenvalue weighted by Gasteiger charge is 2.25. The van der Waals surface area contributed by atoms with Crippen LogP contribution in [0.2, 0.25) is 0 Å². The third-order valence-corrected chi connectivity index (χ3v) is 4.66. The third kappa shape index (κ3) is 3.01. The summed E-state index contributed by atoms with van der Waals surface area (Å²) in [5.74, 6) is 1.48. The molecule has 4 nitrogen and oxygen atoms in total. The van der Waals surface area contributed by atoms with Crippen LogP contribution in [0.4, 0.5) is 0 Å². The molecular weight excluding hydrogens is 274 g/mol. The Morgan fingerprint density at radius 2 is 2.00 bits per heavy atom. The fraction of sp³-hybridized carbons (Fsp3) is 0.556. The summed E-state index contributed by atoms with van der Waals surface area (Å²) in [6, 6.07) is 6.21. The highest BCUT2D eigenvalue weighted by Crippen LogP contribution is 2.22. The van der Waals surface area contributed by atoms with E-state index in [-0.39, 0.29) is 5.91 Å². The van der Waals surface area contributed by atoms with Crippen molar-refractivity contribution in [3.63, 3.8) is 0 Å². The van der Waals surface area contributed by atoms with Gasteiger partial charge in [0.1, 0.15) is 0 Å². The van der Waals surface area contributed by atoms with Crippen LogP contribution < -0.4 is 0 Å². The van der Waals surface area contributed by atoms with Gasteiger partial charge in [-0.05, 0) is 36.8 Å². The number of hydrogen-bond acceptors (Lipinski definition) is 2. The number of hydrogen-bond donors (Lipinski definition) is 0. The Morgan fingerprint density at radius 1 is 1.27 bits per heavy atom. The van der Waals surface area contributed by atoms with Gasteiger partial charge in [-0.15, -0.1) is 0 Å². The second kappa shape index (κ2) is 6.11. The third-order valence-electron chi connectivity index (χ3n) is 4.66. The molecule has 1 aliphatic heterocycles. The van der Waals surface area contributed by atoms with E-state index in [1.54, 1.807) is 0 Å². The van der Waals surface area contributed by atoms with Crippen molar-refractivity contribution in [1.29, 1.82) is 0 Å². The van der Waals surface area contributed by atoms with Crippen LogP contribution in [0, 0.1) is 18.8 Å². The molecule has 2 aromatic rings. The van der Waals surface area contributed by atoms with E-state index >= 15 is 0 Å². The van der Waals surface area contributed by atoms with Gasteiger partial charge in [-0.2, -0.15) is 5.10 Å². The molecule has 0 spiro atoms. The first-order chi connectivity index (χ1) is 10.5. The summed E-state index contributed by atoms with van der Waals surface area (Å²) in [5, 5.41) is 5.63. The molecule has 3 rings (SSSR count). The van der Waals surface area contributed by atoms with E-state index in [1.165, 1.54) is 17.4 Å². The molecular formula is C18H25N3O. The van der Waals surface area contributed by atoms with Crippen LogP contribution in [0.25, 0.3) is 10.9 Å². The lowest BCUT2D eigenvalue weighted by Gasteiger charge is -2.35. The molecule has 4 heteroatoms. The first-order valence-corrected chi connectivity index (χ1v) is 8.23. The number of carbonyl (C=O) groups excluding carboxylic acids is 1. The SMILES string of the molecule is Cc1cccc2c1cnn2CCC(=O)N1C[C@H](C)C[C@H](C)C1. The molecule has 22 heavy (non-hydrogen) atoms. The molecule has 0 radical (unpaired) electrons. The maximum Gasteiger partial charge on any atom is 0.224 e. The minimum Gasteiger partial charge on any atom is -0.342 e. The number of amides is 1. The highest BCUT2D eigenvalue weighted by atomic mass is 16.2. The van der Waals surface area contributed by atoms with Crippen molar-refractivity contribution in [3.05, 3.63) is 30.0 Å². The molecule has 2 heterocycles. The molecule has 1 amide bonds. The zero-order chi connectivity index (χ0) is 15.7. The highest BCUT2D eigenvalue weighted by molar-refractivity contribution is 5.82. The van der Waals surface area contributed by atoms with Crippen molar-refractivity contribution in [3.8, 4) is 0 Å². The average Bonchev–Trinajstić information content (AvgIpc) is 2.88. The number of aryl methyl sites for hydroxylation is 2. The smallest absolute Gasteiger partial charge is 0.224 e. The molecule has 1 aromatic carbocycles. The zero-order valence-electron chi connectivity index (χ0n) is 13.7. The Balaban J connectivity index is 1.66. The summed E-state index contributed by atoms with van der Waals surface area (Å²) >= 11 is 0. The van der Waals surface area contributed by atoms with Crippen LogP contribution in [0.5, 0.6) is 0 Å². The number of benzene rings is 1. The second-order valence-corrected chi connectivity index (χ2v) is 6.87. The quantitative estimate of drug-likeness (QED) is 0.872. The molecule has 1 aliphatic rings. The Morgan fingerprint density at radius 3 is 2.73 bits per heavy atom. The number of fused-ring (bicyclic) bond motifs is 1. The standard InChI is InChI=1S/C18H25N3O/c1-13-9-14(2)12-20(11-13)18(22)7-8-21-17-6-4-5-15(3)16(17)10-19-21/h4-6,10,13-14H,7-9,11-12H2,1-3H3/t13-,14+. The normalized spacial score (nSPS) is 22.2. The fourth-order valence-corrected chi connectivity index (χ4v) is 3.65. The molecule has 1 saturated heterocycles. The van der Waals surface area contributed by atoms with Crippen molar-refractivity contribution in [2.24, 2.45) is 11.8 Å². The molecule has 1 aromatic heterocycles. The van der Waals surface area contributed by atoms with E-state index in [2.05, 4.69) is 38.0 Å². The minimum atomic E-state index is 0.259. The lowest BCUT2D eigenvalue weighted by Crippen LogP contribution is -2.42. The summed E-state index contributed by atoms with van der Waals surface area (Å²) in [5.41, 5.74) is 2.35. The van der Waals surface area contributed by atoms with Gasteiger partial charge < -0.3 is 4.90 Å². The predicted octanol–water partition coefficient (Wildman–Crippen LogP) is 3.24. The maximum absolute atomic E-state index is 12.5. The summed E-state index contributed by atoms with van der Waals surface area (Å²) in [4.78, 5) is 14.5. The van der Waals surface area contributed by atoms with Crippen LogP contribution in [-0.2, 0) is 11.3 Å². The number of rotatable bonds is 3. The maximum atomic E-state index is 12.5. The topological polar surface area (TPSA) is 38.1 Å². The van der Waals surface area contributed by atoms with Crippen molar-refractivity contribution < 1.29 is 4.79 Å². The molecule has 2 atom stereocenters. The van der Waals surface area contributed by atoms with Gasteiger partial charge >= 0.3 is 0 Å². The Bertz CT molecular complexity index is 666. The summed E-state index contributed by atoms with van der Waals surface area (Å²) < 4.78 is 1.96. The number of aromatic nitrogens is 2. The first kappa shape index (κ1) is 15.1. The summed E-state index contributed by atoms with van der Waals surface area (Å²) in [7, 11) is 0. The van der Waals surface area contributed by atoms with Gasteiger partial charge in [0.2, 0.25) is 5.91 Å². The zero-order valence-corrected chi connectivity index (χ0v) is 13.7. The molecule has 1 fully saturated rings. The largest absolute Gasteiger partial charge is 0.342 e. The van der Waals surface area contributed by atoms with Gasteiger partial charge in [0.15, 0.2) is 0 Å². The van der Waals surface area contributed by atoms with Crippen LogP contribution in [0.15, 0.2) is 24.4 Å². The van der Waals surface area contributed by atoms with Crippen LogP contribution in [0.1, 0.15) is 32.3 Å². The van der Waals surface area contributed by atoms with E-state index < -0.39 is 0 Å². The lowest BCUT2D eigenvalue weighted by atomic mass is 9.92. The molecule has 0 unspecified atom stereocenters. The van der Waals surface area contributed by atoms with E-state index in [1.807, 2.05) is 21.8 Å². The molecule has 0 N–H and O–H groups in total. The van der Waals surface area contributed by atoms with Gasteiger partial charge in [0.25, 0.3) is 0 Å². The first-order valence-electron chi connectivity index (χ1n) is 8.23. The van der Waals surface area contributed by atoms with Gasteiger partial charge in [-0.3, -0.25) is 9.48 Å². The molecule has 0 bridgehead atoms. The molecule has 118 valence electrons. The van der Waals surface area contributed by atoms with E-state index in [0.717, 1.165) is 18.6 Å². The van der Waals surface area contributed by atoms with Crippen molar-refractivity contribution in [1.82, 2.24) is 14.7 Å². The number of piperidine rings is 1. The van der Waals surface area contributed by atoms with Gasteiger partial charge in [0, 0.05) is 24.9 Å². The summed E-state index contributed by atoms with van der Waals surface area (Å²) in [6.07, 6.45) is 3.66. The fourth-order valence-electron chi connectivity index (χ4n) is 3.65. The van der Waals surface area contributed by atoms with Crippen LogP contribution >= 0.6 is 0 Å². The summed E-state index contributed by atoms with van der Waals surface area (Å²) in [6.45, 7) is 9.03. The van der Waals surface area contributed by atoms with E-state index in [4.69, 9.17) is 0 Å². The number of likely N-dealkylation sites (tertiary alicyclic amines) is 1. The molecule has 0 aliphatic carbocycles. The average molecular weight is 299 g/mol. The molecule has 0 saturated carbocycles. The van der Waals surface area contributed by atoms with Crippen molar-refractivity contribution in [2.75, 3.05) is 13.1 Å². The number of carbonyl (C=O) groups is 1. The predicted molar refractivity (Wildman–Crippen MR) is 88.6 cm³/mol. The van der Waals surface area contributed by atoms with Crippen molar-refractivity contribution >= 4 is 16.8 Å². The monoisotopic (exact) mass is 299 g/mol. The van der Waals surface area contributed by atoms with Crippen molar-refractivity contribution in [2.45, 2.75) is 40.2 Å². The Hall–Kier alpha value is -1.84.